The van der Waals surface area contributed by atoms with Crippen molar-refractivity contribution in [2.24, 2.45) is 28.3 Å². The first kappa shape index (κ1) is 20.7. The number of oxime groups is 1. The lowest BCUT2D eigenvalue weighted by Crippen LogP contribution is -2.55. The molecule has 3 aliphatic carbocycles. The van der Waals surface area contributed by atoms with Crippen molar-refractivity contribution < 1.29 is 19.1 Å². The van der Waals surface area contributed by atoms with E-state index in [1.54, 1.807) is 0 Å². The molecule has 0 bridgehead atoms. The maximum Gasteiger partial charge on any atom is 0.224 e. The van der Waals surface area contributed by atoms with Crippen LogP contribution in [-0.2, 0) is 19.1 Å². The zero-order valence-electron chi connectivity index (χ0n) is 19.1. The molecule has 5 aliphatic rings. The van der Waals surface area contributed by atoms with Gasteiger partial charge in [0.25, 0.3) is 0 Å². The lowest BCUT2D eigenvalue weighted by atomic mass is 9.58. The topological polar surface area (TPSA) is 69.2 Å². The molecule has 1 saturated heterocycles. The van der Waals surface area contributed by atoms with E-state index in [0.717, 1.165) is 57.8 Å². The quantitative estimate of drug-likeness (QED) is 0.744. The van der Waals surface area contributed by atoms with Gasteiger partial charge in [-0.25, -0.2) is 0 Å². The molecule has 6 nitrogen and oxygen atoms in total. The van der Waals surface area contributed by atoms with Crippen LogP contribution in [0, 0.1) is 23.2 Å². The molecule has 6 heteroatoms. The number of hydrogen-bond acceptors (Lipinski definition) is 5. The summed E-state index contributed by atoms with van der Waals surface area (Å²) in [6.45, 7) is 9.91. The number of nitrogens with one attached hydrogen (secondary N) is 1. The Balaban J connectivity index is 1.34. The molecule has 3 saturated carbocycles. The zero-order valence-corrected chi connectivity index (χ0v) is 19.1. The van der Waals surface area contributed by atoms with Gasteiger partial charge in [0.1, 0.15) is 5.60 Å². The van der Waals surface area contributed by atoms with Crippen LogP contribution in [0.1, 0.15) is 85.5 Å². The highest BCUT2D eigenvalue weighted by Crippen LogP contribution is 2.62. The molecule has 4 fully saturated rings. The lowest BCUT2D eigenvalue weighted by Gasteiger charge is -2.52. The maximum atomic E-state index is 13.2. The van der Waals surface area contributed by atoms with E-state index in [9.17, 15) is 4.79 Å². The summed E-state index contributed by atoms with van der Waals surface area (Å²) in [5.41, 5.74) is 1.06. The van der Waals surface area contributed by atoms with Crippen LogP contribution < -0.4 is 5.32 Å². The summed E-state index contributed by atoms with van der Waals surface area (Å²) < 4.78 is 12.6. The average molecular weight is 419 g/mol. The third-order valence-corrected chi connectivity index (χ3v) is 8.51. The van der Waals surface area contributed by atoms with Gasteiger partial charge in [0, 0.05) is 30.2 Å². The van der Waals surface area contributed by atoms with E-state index in [2.05, 4.69) is 38.2 Å². The Hall–Kier alpha value is -1.14. The van der Waals surface area contributed by atoms with Gasteiger partial charge in [0.2, 0.25) is 5.91 Å². The molecule has 168 valence electrons. The fourth-order valence-electron chi connectivity index (χ4n) is 6.82. The number of amides is 1. The number of carbonyl (C=O) groups excluding carboxylic acids is 1. The SMILES string of the molecule is CC(C)(C)NC(=O)[C@H]1CC[C@H]2[C@H](CCC3=NOC4(CC4)C3)C3(CC[C@]12C)OCCO3. The molecule has 0 aromatic carbocycles. The van der Waals surface area contributed by atoms with Crippen LogP contribution in [0.2, 0.25) is 0 Å². The summed E-state index contributed by atoms with van der Waals surface area (Å²) in [5, 5.41) is 7.66. The molecule has 5 rings (SSSR count). The van der Waals surface area contributed by atoms with Crippen LogP contribution >= 0.6 is 0 Å². The standard InChI is InChI=1S/C24H38N2O4/c1-21(2,3)25-20(27)19-8-7-17-18(6-5-16-15-23(10-11-23)30-26-16)24(28-13-14-29-24)12-9-22(17,19)4/h17-19H,5-15H2,1-4H3,(H,25,27)/t17-,18-,19+,22-/m0/s1. The van der Waals surface area contributed by atoms with E-state index >= 15 is 0 Å². The van der Waals surface area contributed by atoms with Gasteiger partial charge in [-0.15, -0.1) is 0 Å². The number of hydrogen-bond donors (Lipinski definition) is 1. The summed E-state index contributed by atoms with van der Waals surface area (Å²) in [5.74, 6) is 0.587. The summed E-state index contributed by atoms with van der Waals surface area (Å²) in [4.78, 5) is 18.9. The van der Waals surface area contributed by atoms with Gasteiger partial charge < -0.3 is 19.6 Å². The first-order valence-electron chi connectivity index (χ1n) is 12.0. The monoisotopic (exact) mass is 418 g/mol. The fraction of sp³-hybridized carbons (Fsp3) is 0.917. The average Bonchev–Trinajstić information content (AvgIpc) is 3.00. The minimum atomic E-state index is -0.461. The third-order valence-electron chi connectivity index (χ3n) is 8.51. The molecule has 1 amide bonds. The van der Waals surface area contributed by atoms with E-state index in [-0.39, 0.29) is 28.4 Å². The van der Waals surface area contributed by atoms with Crippen LogP contribution in [0.4, 0.5) is 0 Å². The molecular formula is C24H38N2O4. The highest BCUT2D eigenvalue weighted by Gasteiger charge is 2.62. The van der Waals surface area contributed by atoms with Crippen LogP contribution in [-0.4, -0.2) is 41.8 Å². The van der Waals surface area contributed by atoms with E-state index in [0.29, 0.717) is 25.0 Å². The van der Waals surface area contributed by atoms with Crippen LogP contribution in [0.5, 0.6) is 0 Å². The molecule has 1 N–H and O–H groups in total. The normalized spacial score (nSPS) is 38.4. The number of carbonyl (C=O) groups is 1. The second-order valence-corrected chi connectivity index (χ2v) is 11.7. The molecular weight excluding hydrogens is 380 g/mol. The van der Waals surface area contributed by atoms with Gasteiger partial charge in [-0.3, -0.25) is 4.79 Å². The Bertz CT molecular complexity index is 732. The van der Waals surface area contributed by atoms with E-state index in [1.807, 2.05) is 0 Å². The first-order chi connectivity index (χ1) is 14.1. The number of fused-ring (bicyclic) bond motifs is 1. The van der Waals surface area contributed by atoms with Gasteiger partial charge in [-0.05, 0) is 77.0 Å². The number of rotatable bonds is 4. The highest BCUT2D eigenvalue weighted by atomic mass is 16.7. The summed E-state index contributed by atoms with van der Waals surface area (Å²) in [6.07, 6.45) is 9.15. The third kappa shape index (κ3) is 3.48. The van der Waals surface area contributed by atoms with Crippen molar-refractivity contribution in [1.29, 1.82) is 0 Å². The van der Waals surface area contributed by atoms with Gasteiger partial charge in [-0.1, -0.05) is 12.1 Å². The second kappa shape index (κ2) is 6.93. The van der Waals surface area contributed by atoms with Gasteiger partial charge in [0.05, 0.1) is 18.9 Å². The highest BCUT2D eigenvalue weighted by molar-refractivity contribution is 5.86. The summed E-state index contributed by atoms with van der Waals surface area (Å²) in [6, 6.07) is 0. The van der Waals surface area contributed by atoms with Gasteiger partial charge in [0.15, 0.2) is 5.79 Å². The first-order valence-corrected chi connectivity index (χ1v) is 12.0. The van der Waals surface area contributed by atoms with Crippen molar-refractivity contribution >= 4 is 11.6 Å². The van der Waals surface area contributed by atoms with Crippen molar-refractivity contribution in [2.45, 2.75) is 102 Å². The van der Waals surface area contributed by atoms with E-state index in [1.165, 1.54) is 5.71 Å². The Morgan fingerprint density at radius 3 is 2.50 bits per heavy atom. The van der Waals surface area contributed by atoms with Crippen molar-refractivity contribution in [2.75, 3.05) is 13.2 Å². The van der Waals surface area contributed by atoms with E-state index < -0.39 is 5.79 Å². The van der Waals surface area contributed by atoms with E-state index in [4.69, 9.17) is 14.3 Å². The maximum absolute atomic E-state index is 13.2. The van der Waals surface area contributed by atoms with Crippen LogP contribution in [0.3, 0.4) is 0 Å². The summed E-state index contributed by atoms with van der Waals surface area (Å²) >= 11 is 0. The minimum Gasteiger partial charge on any atom is -0.389 e. The van der Waals surface area contributed by atoms with Gasteiger partial charge >= 0.3 is 0 Å². The van der Waals surface area contributed by atoms with Crippen LogP contribution in [0.25, 0.3) is 0 Å². The minimum absolute atomic E-state index is 0.00621. The predicted molar refractivity (Wildman–Crippen MR) is 114 cm³/mol. The molecule has 0 aromatic rings. The Kier molecular flexibility index (Phi) is 4.79. The van der Waals surface area contributed by atoms with Crippen molar-refractivity contribution in [3.63, 3.8) is 0 Å². The largest absolute Gasteiger partial charge is 0.389 e. The number of nitrogens with zero attached hydrogens (tertiary/aromatic N) is 1. The van der Waals surface area contributed by atoms with Crippen molar-refractivity contribution in [1.82, 2.24) is 5.32 Å². The number of ether oxygens (including phenoxy) is 2. The molecule has 0 unspecified atom stereocenters. The zero-order chi connectivity index (χ0) is 21.2. The molecule has 0 aromatic heterocycles. The Labute approximate surface area is 180 Å². The smallest absolute Gasteiger partial charge is 0.224 e. The second-order valence-electron chi connectivity index (χ2n) is 11.7. The van der Waals surface area contributed by atoms with Crippen LogP contribution in [0.15, 0.2) is 5.16 Å². The fourth-order valence-corrected chi connectivity index (χ4v) is 6.82. The lowest BCUT2D eigenvalue weighted by molar-refractivity contribution is -0.246. The van der Waals surface area contributed by atoms with Gasteiger partial charge in [-0.2, -0.15) is 0 Å². The molecule has 0 radical (unpaired) electrons. The van der Waals surface area contributed by atoms with Crippen molar-refractivity contribution in [3.05, 3.63) is 0 Å². The molecule has 2 spiro atoms. The predicted octanol–water partition coefficient (Wildman–Crippen LogP) is 4.18. The van der Waals surface area contributed by atoms with Crippen molar-refractivity contribution in [3.8, 4) is 0 Å². The molecule has 30 heavy (non-hydrogen) atoms. The molecule has 2 heterocycles. The summed E-state index contributed by atoms with van der Waals surface area (Å²) in [7, 11) is 0. The molecule has 4 atom stereocenters. The molecule has 2 aliphatic heterocycles. The Morgan fingerprint density at radius 2 is 1.87 bits per heavy atom. The Morgan fingerprint density at radius 1 is 1.13 bits per heavy atom.